The molecule has 1 aromatic carbocycles. The highest BCUT2D eigenvalue weighted by Gasteiger charge is 2.17. The van der Waals surface area contributed by atoms with Crippen molar-refractivity contribution in [3.05, 3.63) is 52.1 Å². The lowest BCUT2D eigenvalue weighted by Gasteiger charge is -2.08. The van der Waals surface area contributed by atoms with Crippen molar-refractivity contribution < 1.29 is 9.90 Å². The Morgan fingerprint density at radius 1 is 1.44 bits per heavy atom. The molecule has 2 rings (SSSR count). The molecule has 0 spiro atoms. The summed E-state index contributed by atoms with van der Waals surface area (Å²) in [4.78, 5) is 15.4. The van der Waals surface area contributed by atoms with Gasteiger partial charge in [0.05, 0.1) is 5.69 Å². The Kier molecular flexibility index (Phi) is 3.39. The van der Waals surface area contributed by atoms with Crippen LogP contribution in [0.4, 0.5) is 0 Å². The van der Waals surface area contributed by atoms with Crippen molar-refractivity contribution in [2.45, 2.75) is 20.4 Å². The van der Waals surface area contributed by atoms with Gasteiger partial charge in [-0.1, -0.05) is 23.7 Å². The third-order valence-electron chi connectivity index (χ3n) is 2.77. The van der Waals surface area contributed by atoms with Gasteiger partial charge < -0.3 is 9.67 Å². The van der Waals surface area contributed by atoms with Crippen LogP contribution in [0.3, 0.4) is 0 Å². The molecule has 0 fully saturated rings. The second kappa shape index (κ2) is 4.82. The predicted octanol–water partition coefficient (Wildman–Crippen LogP) is 2.90. The summed E-state index contributed by atoms with van der Waals surface area (Å²) in [6.07, 6.45) is 0. The van der Waals surface area contributed by atoms with Crippen molar-refractivity contribution >= 4 is 17.6 Å². The summed E-state index contributed by atoms with van der Waals surface area (Å²) >= 11 is 5.92. The van der Waals surface area contributed by atoms with Crippen LogP contribution in [0.2, 0.25) is 5.02 Å². The van der Waals surface area contributed by atoms with Crippen molar-refractivity contribution in [3.8, 4) is 0 Å². The fourth-order valence-corrected chi connectivity index (χ4v) is 2.21. The maximum absolute atomic E-state index is 11.2. The molecule has 1 N–H and O–H groups in total. The maximum atomic E-state index is 11.2. The molecule has 1 aromatic heterocycles. The number of benzene rings is 1. The summed E-state index contributed by atoms with van der Waals surface area (Å²) < 4.78 is 1.68. The number of carboxylic acids is 1. The number of carbonyl (C=O) groups is 1. The maximum Gasteiger partial charge on any atom is 0.354 e. The van der Waals surface area contributed by atoms with E-state index in [9.17, 15) is 9.90 Å². The zero-order valence-corrected chi connectivity index (χ0v) is 10.9. The molecule has 0 saturated heterocycles. The second-order valence-corrected chi connectivity index (χ2v) is 4.55. The summed E-state index contributed by atoms with van der Waals surface area (Å²) in [6, 6.07) is 7.36. The summed E-state index contributed by atoms with van der Waals surface area (Å²) in [5, 5.41) is 9.84. The van der Waals surface area contributed by atoms with Crippen molar-refractivity contribution in [1.82, 2.24) is 9.55 Å². The van der Waals surface area contributed by atoms with Crippen LogP contribution in [-0.4, -0.2) is 20.6 Å². The standard InChI is InChI=1S/C13H13ClN2O2/c1-8-12(13(17)18)16(9(2)15-8)7-10-4-3-5-11(14)6-10/h3-6H,7H2,1-2H3,(H,17,18). The highest BCUT2D eigenvalue weighted by molar-refractivity contribution is 6.30. The van der Waals surface area contributed by atoms with Crippen molar-refractivity contribution in [2.75, 3.05) is 0 Å². The number of rotatable bonds is 3. The van der Waals surface area contributed by atoms with Crippen LogP contribution in [-0.2, 0) is 6.54 Å². The van der Waals surface area contributed by atoms with Gasteiger partial charge in [-0.05, 0) is 31.5 Å². The van der Waals surface area contributed by atoms with Crippen molar-refractivity contribution in [3.63, 3.8) is 0 Å². The number of nitrogens with zero attached hydrogens (tertiary/aromatic N) is 2. The lowest BCUT2D eigenvalue weighted by atomic mass is 10.2. The molecule has 0 radical (unpaired) electrons. The first kappa shape index (κ1) is 12.6. The fourth-order valence-electron chi connectivity index (χ4n) is 1.99. The summed E-state index contributed by atoms with van der Waals surface area (Å²) in [5.41, 5.74) is 1.71. The number of aromatic carboxylic acids is 1. The Bertz CT molecular complexity index is 605. The van der Waals surface area contributed by atoms with Gasteiger partial charge >= 0.3 is 5.97 Å². The van der Waals surface area contributed by atoms with E-state index in [4.69, 9.17) is 11.6 Å². The van der Waals surface area contributed by atoms with E-state index in [0.717, 1.165) is 5.56 Å². The van der Waals surface area contributed by atoms with Crippen LogP contribution in [0.5, 0.6) is 0 Å². The van der Waals surface area contributed by atoms with Crippen LogP contribution in [0.1, 0.15) is 27.6 Å². The third kappa shape index (κ3) is 2.38. The lowest BCUT2D eigenvalue weighted by molar-refractivity contribution is 0.0684. The molecule has 0 amide bonds. The van der Waals surface area contributed by atoms with Gasteiger partial charge in [-0.3, -0.25) is 0 Å². The minimum atomic E-state index is -0.963. The molecule has 0 aliphatic heterocycles. The van der Waals surface area contributed by atoms with Gasteiger partial charge in [-0.2, -0.15) is 0 Å². The number of hydrogen-bond acceptors (Lipinski definition) is 2. The van der Waals surface area contributed by atoms with E-state index in [1.165, 1.54) is 0 Å². The smallest absolute Gasteiger partial charge is 0.354 e. The van der Waals surface area contributed by atoms with Gasteiger partial charge in [0.15, 0.2) is 5.69 Å². The Morgan fingerprint density at radius 2 is 2.17 bits per heavy atom. The topological polar surface area (TPSA) is 55.1 Å². The van der Waals surface area contributed by atoms with Crippen LogP contribution in [0.25, 0.3) is 0 Å². The highest BCUT2D eigenvalue weighted by Crippen LogP contribution is 2.16. The van der Waals surface area contributed by atoms with Crippen molar-refractivity contribution in [1.29, 1.82) is 0 Å². The first-order valence-corrected chi connectivity index (χ1v) is 5.88. The number of aromatic nitrogens is 2. The molecule has 94 valence electrons. The molecular formula is C13H13ClN2O2. The van der Waals surface area contributed by atoms with Crippen LogP contribution < -0.4 is 0 Å². The van der Waals surface area contributed by atoms with Crippen molar-refractivity contribution in [2.24, 2.45) is 0 Å². The zero-order valence-electron chi connectivity index (χ0n) is 10.1. The van der Waals surface area contributed by atoms with E-state index in [1.54, 1.807) is 24.5 Å². The van der Waals surface area contributed by atoms with Gasteiger partial charge in [-0.25, -0.2) is 9.78 Å². The molecule has 18 heavy (non-hydrogen) atoms. The number of carboxylic acid groups (broad SMARTS) is 1. The molecule has 0 aliphatic carbocycles. The summed E-state index contributed by atoms with van der Waals surface area (Å²) in [6.45, 7) is 3.95. The molecule has 5 heteroatoms. The number of aryl methyl sites for hydroxylation is 2. The zero-order chi connectivity index (χ0) is 13.3. The summed E-state index contributed by atoms with van der Waals surface area (Å²) in [5.74, 6) is -0.278. The van der Waals surface area contributed by atoms with E-state index in [1.807, 2.05) is 18.2 Å². The Morgan fingerprint density at radius 3 is 2.78 bits per heavy atom. The molecule has 2 aromatic rings. The van der Waals surface area contributed by atoms with Gasteiger partial charge in [0.25, 0.3) is 0 Å². The predicted molar refractivity (Wildman–Crippen MR) is 69.2 cm³/mol. The van der Waals surface area contributed by atoms with Crippen LogP contribution in [0, 0.1) is 13.8 Å². The second-order valence-electron chi connectivity index (χ2n) is 4.11. The average molecular weight is 265 g/mol. The quantitative estimate of drug-likeness (QED) is 0.927. The monoisotopic (exact) mass is 264 g/mol. The van der Waals surface area contributed by atoms with E-state index < -0.39 is 5.97 Å². The summed E-state index contributed by atoms with van der Waals surface area (Å²) in [7, 11) is 0. The largest absolute Gasteiger partial charge is 0.477 e. The first-order chi connectivity index (χ1) is 8.49. The van der Waals surface area contributed by atoms with E-state index in [-0.39, 0.29) is 5.69 Å². The van der Waals surface area contributed by atoms with Gasteiger partial charge in [0.2, 0.25) is 0 Å². The van der Waals surface area contributed by atoms with E-state index in [0.29, 0.717) is 23.1 Å². The average Bonchev–Trinajstić information content (AvgIpc) is 2.53. The first-order valence-electron chi connectivity index (χ1n) is 5.50. The van der Waals surface area contributed by atoms with Gasteiger partial charge in [0, 0.05) is 11.6 Å². The molecule has 0 aliphatic rings. The van der Waals surface area contributed by atoms with Crippen LogP contribution in [0.15, 0.2) is 24.3 Å². The molecule has 0 unspecified atom stereocenters. The molecule has 4 nitrogen and oxygen atoms in total. The van der Waals surface area contributed by atoms with E-state index in [2.05, 4.69) is 4.98 Å². The Balaban J connectivity index is 2.43. The molecule has 0 saturated carbocycles. The number of halogens is 1. The van der Waals surface area contributed by atoms with E-state index >= 15 is 0 Å². The minimum absolute atomic E-state index is 0.229. The Labute approximate surface area is 110 Å². The SMILES string of the molecule is Cc1nc(C)n(Cc2cccc(Cl)c2)c1C(=O)O. The third-order valence-corrected chi connectivity index (χ3v) is 3.00. The molecule has 0 bridgehead atoms. The van der Waals surface area contributed by atoms with Gasteiger partial charge in [0.1, 0.15) is 5.82 Å². The van der Waals surface area contributed by atoms with Crippen LogP contribution >= 0.6 is 11.6 Å². The lowest BCUT2D eigenvalue weighted by Crippen LogP contribution is -2.11. The molecular weight excluding hydrogens is 252 g/mol. The normalized spacial score (nSPS) is 10.6. The molecule has 0 atom stereocenters. The minimum Gasteiger partial charge on any atom is -0.477 e. The number of hydrogen-bond donors (Lipinski definition) is 1. The highest BCUT2D eigenvalue weighted by atomic mass is 35.5. The fraction of sp³-hybridized carbons (Fsp3) is 0.231. The number of imidazole rings is 1. The van der Waals surface area contributed by atoms with Gasteiger partial charge in [-0.15, -0.1) is 0 Å². The molecule has 1 heterocycles. The Hall–Kier alpha value is -1.81.